The monoisotopic (exact) mass is 232 g/mol. The molecule has 16 heavy (non-hydrogen) atoms. The van der Waals surface area contributed by atoms with Crippen molar-refractivity contribution in [3.63, 3.8) is 0 Å². The van der Waals surface area contributed by atoms with Crippen molar-refractivity contribution < 1.29 is 17.9 Å². The number of ether oxygens (including phenoxy) is 1. The fourth-order valence-electron chi connectivity index (χ4n) is 2.43. The molecule has 88 valence electrons. The molecule has 1 saturated carbocycles. The summed E-state index contributed by atoms with van der Waals surface area (Å²) in [6.07, 6.45) is 0.836. The SMILES string of the molecule is C[C@@]12CC1N1C=C(OC(F)(F)F)C=CC1N2. The molecule has 0 aromatic carbocycles. The molecule has 1 aliphatic carbocycles. The van der Waals surface area contributed by atoms with Crippen LogP contribution in [0.5, 0.6) is 0 Å². The summed E-state index contributed by atoms with van der Waals surface area (Å²) in [4.78, 5) is 1.89. The Labute approximate surface area is 90.5 Å². The van der Waals surface area contributed by atoms with Gasteiger partial charge in [-0.2, -0.15) is 0 Å². The molecule has 1 saturated heterocycles. The van der Waals surface area contributed by atoms with Gasteiger partial charge in [-0.05, 0) is 25.5 Å². The summed E-state index contributed by atoms with van der Waals surface area (Å²) in [6.45, 7) is 2.07. The molecular weight excluding hydrogens is 221 g/mol. The van der Waals surface area contributed by atoms with Gasteiger partial charge in [0.05, 0.1) is 12.2 Å². The Morgan fingerprint density at radius 2 is 2.31 bits per heavy atom. The van der Waals surface area contributed by atoms with E-state index in [1.807, 2.05) is 4.90 Å². The highest BCUT2D eigenvalue weighted by molar-refractivity contribution is 5.31. The molecular formula is C10H11F3N2O. The molecule has 3 rings (SSSR count). The van der Waals surface area contributed by atoms with Gasteiger partial charge in [0, 0.05) is 11.7 Å². The lowest BCUT2D eigenvalue weighted by Gasteiger charge is -2.27. The van der Waals surface area contributed by atoms with E-state index in [1.54, 1.807) is 6.08 Å². The maximum Gasteiger partial charge on any atom is 0.573 e. The van der Waals surface area contributed by atoms with Gasteiger partial charge in [-0.15, -0.1) is 13.2 Å². The molecule has 0 aromatic rings. The van der Waals surface area contributed by atoms with Gasteiger partial charge in [-0.25, -0.2) is 0 Å². The normalized spacial score (nSPS) is 40.2. The zero-order valence-corrected chi connectivity index (χ0v) is 8.58. The minimum absolute atomic E-state index is 0.00401. The summed E-state index contributed by atoms with van der Waals surface area (Å²) < 4.78 is 40.0. The molecule has 0 aromatic heterocycles. The standard InChI is InChI=1S/C10H11F3N2O/c1-9-4-7(9)15-5-6(16-10(11,12)13)2-3-8(15)14-9/h2-3,5,7-8,14H,4H2,1H3/t7?,8?,9-/m1/s1. The van der Waals surface area contributed by atoms with Gasteiger partial charge >= 0.3 is 6.36 Å². The van der Waals surface area contributed by atoms with E-state index < -0.39 is 6.36 Å². The van der Waals surface area contributed by atoms with Crippen molar-refractivity contribution in [1.82, 2.24) is 10.2 Å². The van der Waals surface area contributed by atoms with Crippen molar-refractivity contribution in [2.75, 3.05) is 0 Å². The van der Waals surface area contributed by atoms with Crippen molar-refractivity contribution in [3.8, 4) is 0 Å². The number of fused-ring (bicyclic) bond motifs is 3. The van der Waals surface area contributed by atoms with Crippen LogP contribution in [0.25, 0.3) is 0 Å². The molecule has 6 heteroatoms. The molecule has 1 N–H and O–H groups in total. The van der Waals surface area contributed by atoms with Crippen LogP contribution in [0.15, 0.2) is 24.1 Å². The maximum atomic E-state index is 12.0. The number of nitrogens with one attached hydrogen (secondary N) is 1. The van der Waals surface area contributed by atoms with Gasteiger partial charge in [-0.1, -0.05) is 0 Å². The van der Waals surface area contributed by atoms with E-state index in [2.05, 4.69) is 17.0 Å². The van der Waals surface area contributed by atoms with E-state index in [9.17, 15) is 13.2 Å². The van der Waals surface area contributed by atoms with Crippen molar-refractivity contribution >= 4 is 0 Å². The first-order valence-electron chi connectivity index (χ1n) is 5.08. The van der Waals surface area contributed by atoms with Crippen molar-refractivity contribution in [1.29, 1.82) is 0 Å². The molecule has 2 unspecified atom stereocenters. The fraction of sp³-hybridized carbons (Fsp3) is 0.600. The number of allylic oxidation sites excluding steroid dienone is 1. The van der Waals surface area contributed by atoms with Gasteiger partial charge in [0.2, 0.25) is 0 Å². The Morgan fingerprint density at radius 1 is 1.56 bits per heavy atom. The quantitative estimate of drug-likeness (QED) is 0.744. The van der Waals surface area contributed by atoms with E-state index in [0.717, 1.165) is 6.42 Å². The first-order chi connectivity index (χ1) is 7.37. The Morgan fingerprint density at radius 3 is 3.00 bits per heavy atom. The van der Waals surface area contributed by atoms with E-state index in [1.165, 1.54) is 12.3 Å². The minimum Gasteiger partial charge on any atom is -0.404 e. The van der Waals surface area contributed by atoms with E-state index >= 15 is 0 Å². The Hall–Kier alpha value is -1.17. The van der Waals surface area contributed by atoms with E-state index in [0.29, 0.717) is 0 Å². The van der Waals surface area contributed by atoms with Crippen molar-refractivity contribution in [2.45, 2.75) is 37.5 Å². The number of rotatable bonds is 1. The predicted molar refractivity (Wildman–Crippen MR) is 49.9 cm³/mol. The molecule has 3 nitrogen and oxygen atoms in total. The third-order valence-electron chi connectivity index (χ3n) is 3.30. The smallest absolute Gasteiger partial charge is 0.404 e. The Balaban J connectivity index is 1.77. The maximum absolute atomic E-state index is 12.0. The molecule has 0 spiro atoms. The molecule has 0 amide bonds. The zero-order chi connectivity index (χ0) is 11.6. The highest BCUT2D eigenvalue weighted by atomic mass is 19.4. The van der Waals surface area contributed by atoms with Gasteiger partial charge in [0.1, 0.15) is 5.76 Å². The second-order valence-electron chi connectivity index (χ2n) is 4.61. The van der Waals surface area contributed by atoms with Gasteiger partial charge in [-0.3, -0.25) is 5.32 Å². The highest BCUT2D eigenvalue weighted by Gasteiger charge is 2.60. The predicted octanol–water partition coefficient (Wildman–Crippen LogP) is 1.70. The van der Waals surface area contributed by atoms with Crippen LogP contribution in [0, 0.1) is 0 Å². The first-order valence-corrected chi connectivity index (χ1v) is 5.08. The fourth-order valence-corrected chi connectivity index (χ4v) is 2.43. The summed E-state index contributed by atoms with van der Waals surface area (Å²) >= 11 is 0. The largest absolute Gasteiger partial charge is 0.573 e. The average molecular weight is 232 g/mol. The van der Waals surface area contributed by atoms with Crippen molar-refractivity contribution in [2.24, 2.45) is 0 Å². The molecule has 2 heterocycles. The third-order valence-corrected chi connectivity index (χ3v) is 3.30. The first kappa shape index (κ1) is 10.0. The van der Waals surface area contributed by atoms with Crippen LogP contribution in [0.1, 0.15) is 13.3 Å². The van der Waals surface area contributed by atoms with E-state index in [4.69, 9.17) is 0 Å². The lowest BCUT2D eigenvalue weighted by molar-refractivity contribution is -0.303. The lowest BCUT2D eigenvalue weighted by Crippen LogP contribution is -2.39. The topological polar surface area (TPSA) is 24.5 Å². The van der Waals surface area contributed by atoms with Gasteiger partial charge < -0.3 is 9.64 Å². The summed E-state index contributed by atoms with van der Waals surface area (Å²) in [5, 5.41) is 3.35. The number of hydrogen-bond acceptors (Lipinski definition) is 3. The summed E-state index contributed by atoms with van der Waals surface area (Å²) in [7, 11) is 0. The average Bonchev–Trinajstić information content (AvgIpc) is 2.71. The van der Waals surface area contributed by atoms with Crippen LogP contribution < -0.4 is 5.32 Å². The molecule has 2 aliphatic heterocycles. The number of nitrogens with zero attached hydrogens (tertiary/aromatic N) is 1. The molecule has 2 fully saturated rings. The summed E-state index contributed by atoms with van der Waals surface area (Å²) in [5.41, 5.74) is 0.0548. The van der Waals surface area contributed by atoms with Crippen LogP contribution in [0.4, 0.5) is 13.2 Å². The zero-order valence-electron chi connectivity index (χ0n) is 8.58. The number of alkyl halides is 3. The highest BCUT2D eigenvalue weighted by Crippen LogP contribution is 2.48. The number of halogens is 3. The summed E-state index contributed by atoms with van der Waals surface area (Å²) in [6, 6.07) is 0.286. The van der Waals surface area contributed by atoms with Crippen molar-refractivity contribution in [3.05, 3.63) is 24.1 Å². The molecule has 0 radical (unpaired) electrons. The van der Waals surface area contributed by atoms with Crippen LogP contribution in [-0.2, 0) is 4.74 Å². The van der Waals surface area contributed by atoms with Gasteiger partial charge in [0.15, 0.2) is 0 Å². The number of hydrogen-bond donors (Lipinski definition) is 1. The molecule has 3 aliphatic rings. The second kappa shape index (κ2) is 2.74. The van der Waals surface area contributed by atoms with E-state index in [-0.39, 0.29) is 23.5 Å². The van der Waals surface area contributed by atoms with Crippen LogP contribution in [0.2, 0.25) is 0 Å². The third kappa shape index (κ3) is 1.48. The second-order valence-corrected chi connectivity index (χ2v) is 4.61. The minimum atomic E-state index is -4.62. The molecule has 0 bridgehead atoms. The van der Waals surface area contributed by atoms with Crippen LogP contribution in [-0.4, -0.2) is 29.0 Å². The Bertz CT molecular complexity index is 390. The van der Waals surface area contributed by atoms with Crippen LogP contribution in [0.3, 0.4) is 0 Å². The molecule has 3 atom stereocenters. The Kier molecular flexibility index (Phi) is 1.71. The van der Waals surface area contributed by atoms with Gasteiger partial charge in [0.25, 0.3) is 0 Å². The lowest BCUT2D eigenvalue weighted by atomic mass is 10.3. The van der Waals surface area contributed by atoms with Crippen LogP contribution >= 0.6 is 0 Å². The summed E-state index contributed by atoms with van der Waals surface area (Å²) in [5.74, 6) is -0.151.